The molecule has 0 saturated heterocycles. The number of hydrogen-bond donors (Lipinski definition) is 1. The van der Waals surface area contributed by atoms with E-state index in [-0.39, 0.29) is 4.90 Å². The second-order valence-electron chi connectivity index (χ2n) is 4.32. The molecule has 6 heteroatoms. The summed E-state index contributed by atoms with van der Waals surface area (Å²) >= 11 is 12.2. The van der Waals surface area contributed by atoms with Gasteiger partial charge in [0.15, 0.2) is 9.84 Å². The first-order valence-corrected chi connectivity index (χ1v) is 8.50. The largest absolute Gasteiger partial charge is 0.380 e. The van der Waals surface area contributed by atoms with Gasteiger partial charge in [0.1, 0.15) is 0 Å². The van der Waals surface area contributed by atoms with Gasteiger partial charge in [-0.1, -0.05) is 41.4 Å². The lowest BCUT2D eigenvalue weighted by atomic mass is 10.2. The molecule has 106 valence electrons. The van der Waals surface area contributed by atoms with E-state index in [0.29, 0.717) is 22.3 Å². The van der Waals surface area contributed by atoms with Crippen LogP contribution in [0.25, 0.3) is 0 Å². The molecule has 0 radical (unpaired) electrons. The Balaban J connectivity index is 2.29. The molecule has 0 aliphatic carbocycles. The minimum Gasteiger partial charge on any atom is -0.380 e. The Morgan fingerprint density at radius 3 is 2.20 bits per heavy atom. The van der Waals surface area contributed by atoms with Gasteiger partial charge in [-0.15, -0.1) is 0 Å². The van der Waals surface area contributed by atoms with Gasteiger partial charge in [-0.25, -0.2) is 8.42 Å². The Hall–Kier alpha value is -1.23. The van der Waals surface area contributed by atoms with Gasteiger partial charge in [0.2, 0.25) is 0 Å². The highest BCUT2D eigenvalue weighted by Crippen LogP contribution is 2.27. The molecule has 0 aliphatic heterocycles. The Kier molecular flexibility index (Phi) is 4.58. The maximum absolute atomic E-state index is 11.7. The zero-order valence-corrected chi connectivity index (χ0v) is 13.1. The first-order valence-electron chi connectivity index (χ1n) is 5.85. The second-order valence-corrected chi connectivity index (χ2v) is 7.12. The molecule has 0 aromatic heterocycles. The summed E-state index contributed by atoms with van der Waals surface area (Å²) in [7, 11) is -3.29. The predicted octanol–water partition coefficient (Wildman–Crippen LogP) is 4.01. The topological polar surface area (TPSA) is 46.2 Å². The van der Waals surface area contributed by atoms with Gasteiger partial charge in [0, 0.05) is 28.4 Å². The molecule has 0 amide bonds. The van der Waals surface area contributed by atoms with E-state index >= 15 is 0 Å². The molecule has 0 bridgehead atoms. The molecule has 0 fully saturated rings. The molecule has 2 aromatic rings. The number of benzene rings is 2. The molecule has 0 heterocycles. The summed E-state index contributed by atoms with van der Waals surface area (Å²) in [6.45, 7) is 0.352. The third-order valence-corrected chi connectivity index (χ3v) is 4.67. The molecule has 0 spiro atoms. The van der Waals surface area contributed by atoms with Crippen LogP contribution >= 0.6 is 23.2 Å². The molecule has 0 aliphatic rings. The highest BCUT2D eigenvalue weighted by atomic mass is 35.5. The van der Waals surface area contributed by atoms with Crippen molar-refractivity contribution in [3.63, 3.8) is 0 Å². The van der Waals surface area contributed by atoms with E-state index < -0.39 is 9.84 Å². The van der Waals surface area contributed by atoms with Crippen molar-refractivity contribution in [3.8, 4) is 0 Å². The SMILES string of the molecule is CS(=O)(=O)c1ccccc1NCc1c(Cl)cccc1Cl. The molecule has 20 heavy (non-hydrogen) atoms. The van der Waals surface area contributed by atoms with Crippen LogP contribution in [0.4, 0.5) is 5.69 Å². The molecular weight excluding hydrogens is 317 g/mol. The van der Waals surface area contributed by atoms with Crippen LogP contribution in [0.15, 0.2) is 47.4 Å². The Bertz CT molecular complexity index is 709. The molecule has 2 aromatic carbocycles. The summed E-state index contributed by atoms with van der Waals surface area (Å²) in [6.07, 6.45) is 1.18. The van der Waals surface area contributed by atoms with Gasteiger partial charge in [0.05, 0.1) is 10.6 Å². The summed E-state index contributed by atoms with van der Waals surface area (Å²) in [5.41, 5.74) is 1.27. The van der Waals surface area contributed by atoms with Crippen LogP contribution in [0.5, 0.6) is 0 Å². The molecular formula is C14H13Cl2NO2S. The van der Waals surface area contributed by atoms with Crippen LogP contribution in [0.3, 0.4) is 0 Å². The van der Waals surface area contributed by atoms with E-state index in [1.165, 1.54) is 6.26 Å². The van der Waals surface area contributed by atoms with Crippen molar-refractivity contribution < 1.29 is 8.42 Å². The van der Waals surface area contributed by atoms with E-state index in [0.717, 1.165) is 5.56 Å². The normalized spacial score (nSPS) is 11.3. The maximum Gasteiger partial charge on any atom is 0.177 e. The standard InChI is InChI=1S/C14H13Cl2NO2S/c1-20(18,19)14-8-3-2-7-13(14)17-9-10-11(15)5-4-6-12(10)16/h2-8,17H,9H2,1H3. The van der Waals surface area contributed by atoms with E-state index in [2.05, 4.69) is 5.32 Å². The number of anilines is 1. The average Bonchev–Trinajstić information content (AvgIpc) is 2.37. The quantitative estimate of drug-likeness (QED) is 0.921. The lowest BCUT2D eigenvalue weighted by Crippen LogP contribution is -2.06. The van der Waals surface area contributed by atoms with Crippen LogP contribution < -0.4 is 5.32 Å². The van der Waals surface area contributed by atoms with Gasteiger partial charge in [-0.2, -0.15) is 0 Å². The van der Waals surface area contributed by atoms with Gasteiger partial charge in [-0.3, -0.25) is 0 Å². The highest BCUT2D eigenvalue weighted by molar-refractivity contribution is 7.90. The first-order chi connectivity index (χ1) is 9.39. The zero-order valence-electron chi connectivity index (χ0n) is 10.7. The number of para-hydroxylation sites is 1. The smallest absolute Gasteiger partial charge is 0.177 e. The minimum absolute atomic E-state index is 0.253. The monoisotopic (exact) mass is 329 g/mol. The number of sulfone groups is 1. The highest BCUT2D eigenvalue weighted by Gasteiger charge is 2.13. The van der Waals surface area contributed by atoms with Crippen LogP contribution in [-0.2, 0) is 16.4 Å². The zero-order chi connectivity index (χ0) is 14.8. The average molecular weight is 330 g/mol. The van der Waals surface area contributed by atoms with E-state index in [4.69, 9.17) is 23.2 Å². The summed E-state index contributed by atoms with van der Waals surface area (Å²) in [5.74, 6) is 0. The number of nitrogens with one attached hydrogen (secondary N) is 1. The van der Waals surface area contributed by atoms with E-state index in [9.17, 15) is 8.42 Å². The van der Waals surface area contributed by atoms with Crippen LogP contribution in [0, 0.1) is 0 Å². The predicted molar refractivity (Wildman–Crippen MR) is 83.3 cm³/mol. The van der Waals surface area contributed by atoms with Crippen molar-refractivity contribution in [2.24, 2.45) is 0 Å². The first kappa shape index (κ1) is 15.2. The molecule has 1 N–H and O–H groups in total. The van der Waals surface area contributed by atoms with Crippen molar-refractivity contribution in [1.82, 2.24) is 0 Å². The molecule has 0 unspecified atom stereocenters. The molecule has 3 nitrogen and oxygen atoms in total. The fourth-order valence-electron chi connectivity index (χ4n) is 1.82. The van der Waals surface area contributed by atoms with E-state index in [1.54, 1.807) is 42.5 Å². The van der Waals surface area contributed by atoms with Crippen molar-refractivity contribution >= 4 is 38.7 Å². The second kappa shape index (κ2) is 6.04. The van der Waals surface area contributed by atoms with Crippen molar-refractivity contribution in [2.45, 2.75) is 11.4 Å². The fraction of sp³-hybridized carbons (Fsp3) is 0.143. The van der Waals surface area contributed by atoms with Crippen molar-refractivity contribution in [2.75, 3.05) is 11.6 Å². The Morgan fingerprint density at radius 1 is 1.00 bits per heavy atom. The summed E-state index contributed by atoms with van der Waals surface area (Å²) in [6, 6.07) is 12.0. The fourth-order valence-corrected chi connectivity index (χ4v) is 3.22. The van der Waals surface area contributed by atoms with Crippen LogP contribution in [0.1, 0.15) is 5.56 Å². The molecule has 2 rings (SSSR count). The minimum atomic E-state index is -3.29. The Morgan fingerprint density at radius 2 is 1.60 bits per heavy atom. The third-order valence-electron chi connectivity index (χ3n) is 2.80. The lowest BCUT2D eigenvalue weighted by Gasteiger charge is -2.12. The van der Waals surface area contributed by atoms with Crippen molar-refractivity contribution in [1.29, 1.82) is 0 Å². The summed E-state index contributed by atoms with van der Waals surface area (Å²) in [4.78, 5) is 0.253. The number of halogens is 2. The van der Waals surface area contributed by atoms with Gasteiger partial charge < -0.3 is 5.32 Å². The van der Waals surface area contributed by atoms with Crippen LogP contribution in [0.2, 0.25) is 10.0 Å². The van der Waals surface area contributed by atoms with Crippen LogP contribution in [-0.4, -0.2) is 14.7 Å². The number of rotatable bonds is 4. The number of hydrogen-bond acceptors (Lipinski definition) is 3. The van der Waals surface area contributed by atoms with Gasteiger partial charge in [0.25, 0.3) is 0 Å². The van der Waals surface area contributed by atoms with Crippen molar-refractivity contribution in [3.05, 3.63) is 58.1 Å². The summed E-state index contributed by atoms with van der Waals surface area (Å²) < 4.78 is 23.4. The van der Waals surface area contributed by atoms with E-state index in [1.807, 2.05) is 0 Å². The van der Waals surface area contributed by atoms with Gasteiger partial charge in [-0.05, 0) is 24.3 Å². The molecule has 0 saturated carbocycles. The third kappa shape index (κ3) is 3.45. The summed E-state index contributed by atoms with van der Waals surface area (Å²) in [5, 5.41) is 4.16. The Labute approximate surface area is 128 Å². The maximum atomic E-state index is 11.7. The van der Waals surface area contributed by atoms with Gasteiger partial charge >= 0.3 is 0 Å². The lowest BCUT2D eigenvalue weighted by molar-refractivity contribution is 0.602. The molecule has 0 atom stereocenters.